The second-order valence-electron chi connectivity index (χ2n) is 4.45. The molecule has 5 heteroatoms. The molecule has 4 nitrogen and oxygen atoms in total. The summed E-state index contributed by atoms with van der Waals surface area (Å²) in [6.07, 6.45) is 0.974. The Balaban J connectivity index is 1.98. The van der Waals surface area contributed by atoms with Gasteiger partial charge in [-0.25, -0.2) is 0 Å². The van der Waals surface area contributed by atoms with E-state index in [-0.39, 0.29) is 5.91 Å². The highest BCUT2D eigenvalue weighted by molar-refractivity contribution is 7.99. The zero-order chi connectivity index (χ0) is 13.2. The van der Waals surface area contributed by atoms with Crippen molar-refractivity contribution in [3.63, 3.8) is 0 Å². The van der Waals surface area contributed by atoms with Crippen molar-refractivity contribution in [2.75, 3.05) is 17.2 Å². The molecule has 1 amide bonds. The SMILES string of the molecule is Cc1cc(C(=O)N2CCCSc3ccccc32)no1. The normalized spacial score (nSPS) is 14.9. The molecule has 0 bridgehead atoms. The summed E-state index contributed by atoms with van der Waals surface area (Å²) in [6.45, 7) is 2.50. The van der Waals surface area contributed by atoms with Gasteiger partial charge >= 0.3 is 0 Å². The van der Waals surface area contributed by atoms with Gasteiger partial charge in [0.25, 0.3) is 5.91 Å². The molecule has 0 fully saturated rings. The molecule has 0 saturated carbocycles. The van der Waals surface area contributed by atoms with Crippen LogP contribution in [0.3, 0.4) is 0 Å². The Kier molecular flexibility index (Phi) is 3.29. The van der Waals surface area contributed by atoms with E-state index in [0.29, 0.717) is 11.5 Å². The fraction of sp³-hybridized carbons (Fsp3) is 0.286. The number of thioether (sulfide) groups is 1. The van der Waals surface area contributed by atoms with Gasteiger partial charge in [-0.05, 0) is 31.2 Å². The molecule has 0 atom stereocenters. The van der Waals surface area contributed by atoms with Gasteiger partial charge in [0.1, 0.15) is 5.76 Å². The molecular formula is C14H14N2O2S. The third-order valence-electron chi connectivity index (χ3n) is 3.03. The molecule has 0 saturated heterocycles. The predicted molar refractivity (Wildman–Crippen MR) is 74.7 cm³/mol. The van der Waals surface area contributed by atoms with E-state index in [0.717, 1.165) is 29.3 Å². The van der Waals surface area contributed by atoms with Crippen molar-refractivity contribution >= 4 is 23.4 Å². The lowest BCUT2D eigenvalue weighted by Crippen LogP contribution is -2.32. The van der Waals surface area contributed by atoms with Gasteiger partial charge in [0.2, 0.25) is 0 Å². The van der Waals surface area contributed by atoms with Gasteiger partial charge in [-0.1, -0.05) is 17.3 Å². The molecule has 2 heterocycles. The monoisotopic (exact) mass is 274 g/mol. The van der Waals surface area contributed by atoms with E-state index in [2.05, 4.69) is 11.2 Å². The number of para-hydroxylation sites is 1. The predicted octanol–water partition coefficient (Wildman–Crippen LogP) is 3.13. The molecule has 1 aromatic carbocycles. The van der Waals surface area contributed by atoms with Crippen LogP contribution >= 0.6 is 11.8 Å². The maximum atomic E-state index is 12.5. The second-order valence-corrected chi connectivity index (χ2v) is 5.59. The zero-order valence-corrected chi connectivity index (χ0v) is 11.4. The van der Waals surface area contributed by atoms with Crippen molar-refractivity contribution < 1.29 is 9.32 Å². The molecule has 0 unspecified atom stereocenters. The van der Waals surface area contributed by atoms with Crippen LogP contribution in [0, 0.1) is 6.92 Å². The summed E-state index contributed by atoms with van der Waals surface area (Å²) in [5.74, 6) is 1.59. The van der Waals surface area contributed by atoms with E-state index in [9.17, 15) is 4.79 Å². The minimum Gasteiger partial charge on any atom is -0.361 e. The van der Waals surface area contributed by atoms with Crippen molar-refractivity contribution in [1.29, 1.82) is 0 Å². The smallest absolute Gasteiger partial charge is 0.280 e. The Labute approximate surface area is 115 Å². The lowest BCUT2D eigenvalue weighted by molar-refractivity contribution is 0.0978. The summed E-state index contributed by atoms with van der Waals surface area (Å²) in [5.41, 5.74) is 1.34. The van der Waals surface area contributed by atoms with Gasteiger partial charge in [-0.3, -0.25) is 4.79 Å². The number of nitrogens with zero attached hydrogens (tertiary/aromatic N) is 2. The Morgan fingerprint density at radius 2 is 2.26 bits per heavy atom. The number of hydrogen-bond donors (Lipinski definition) is 0. The van der Waals surface area contributed by atoms with Crippen molar-refractivity contribution in [3.8, 4) is 0 Å². The number of anilines is 1. The van der Waals surface area contributed by atoms with Gasteiger partial charge in [-0.2, -0.15) is 0 Å². The van der Waals surface area contributed by atoms with Crippen molar-refractivity contribution in [2.24, 2.45) is 0 Å². The molecule has 1 aliphatic rings. The van der Waals surface area contributed by atoms with Gasteiger partial charge in [0, 0.05) is 17.5 Å². The van der Waals surface area contributed by atoms with Crippen LogP contribution < -0.4 is 4.90 Å². The zero-order valence-electron chi connectivity index (χ0n) is 10.6. The standard InChI is InChI=1S/C14H14N2O2S/c1-10-9-11(15-18-10)14(17)16-7-4-8-19-13-6-3-2-5-12(13)16/h2-3,5-6,9H,4,7-8H2,1H3. The number of amides is 1. The first-order valence-corrected chi connectivity index (χ1v) is 7.21. The number of benzene rings is 1. The second kappa shape index (κ2) is 5.09. The van der Waals surface area contributed by atoms with Crippen LogP contribution in [0.2, 0.25) is 0 Å². The van der Waals surface area contributed by atoms with Crippen LogP contribution in [-0.2, 0) is 0 Å². The minimum atomic E-state index is -0.0909. The molecule has 0 radical (unpaired) electrons. The van der Waals surface area contributed by atoms with E-state index >= 15 is 0 Å². The fourth-order valence-electron chi connectivity index (χ4n) is 2.14. The van der Waals surface area contributed by atoms with Gasteiger partial charge in [0.15, 0.2) is 5.69 Å². The average molecular weight is 274 g/mol. The van der Waals surface area contributed by atoms with Crippen LogP contribution in [0.4, 0.5) is 5.69 Å². The number of hydrogen-bond acceptors (Lipinski definition) is 4. The third-order valence-corrected chi connectivity index (χ3v) is 4.18. The molecule has 0 aliphatic carbocycles. The number of aryl methyl sites for hydroxylation is 1. The number of carbonyl (C=O) groups excluding carboxylic acids is 1. The van der Waals surface area contributed by atoms with Crippen LogP contribution in [0.25, 0.3) is 0 Å². The summed E-state index contributed by atoms with van der Waals surface area (Å²) in [6, 6.07) is 9.68. The molecule has 19 heavy (non-hydrogen) atoms. The summed E-state index contributed by atoms with van der Waals surface area (Å²) >= 11 is 1.79. The molecule has 98 valence electrons. The Hall–Kier alpha value is -1.75. The van der Waals surface area contributed by atoms with Crippen molar-refractivity contribution in [3.05, 3.63) is 41.8 Å². The molecule has 0 spiro atoms. The first kappa shape index (κ1) is 12.3. The molecule has 1 aromatic heterocycles. The molecule has 1 aliphatic heterocycles. The Morgan fingerprint density at radius 3 is 3.05 bits per heavy atom. The van der Waals surface area contributed by atoms with Crippen LogP contribution in [0.1, 0.15) is 22.7 Å². The lowest BCUT2D eigenvalue weighted by atomic mass is 10.2. The van der Waals surface area contributed by atoms with E-state index in [4.69, 9.17) is 4.52 Å². The van der Waals surface area contributed by atoms with Crippen molar-refractivity contribution in [2.45, 2.75) is 18.2 Å². The highest BCUT2D eigenvalue weighted by Gasteiger charge is 2.24. The first-order valence-electron chi connectivity index (χ1n) is 6.23. The number of rotatable bonds is 1. The minimum absolute atomic E-state index is 0.0909. The fourth-order valence-corrected chi connectivity index (χ4v) is 3.14. The molecule has 2 aromatic rings. The summed E-state index contributed by atoms with van der Waals surface area (Å²) < 4.78 is 4.99. The van der Waals surface area contributed by atoms with Crippen LogP contribution in [0.15, 0.2) is 39.8 Å². The maximum Gasteiger partial charge on any atom is 0.280 e. The quantitative estimate of drug-likeness (QED) is 0.801. The number of aromatic nitrogens is 1. The summed E-state index contributed by atoms with van der Waals surface area (Å²) in [4.78, 5) is 15.5. The summed E-state index contributed by atoms with van der Waals surface area (Å²) in [7, 11) is 0. The van der Waals surface area contributed by atoms with Gasteiger partial charge in [0.05, 0.1) is 5.69 Å². The highest BCUT2D eigenvalue weighted by Crippen LogP contribution is 2.34. The largest absolute Gasteiger partial charge is 0.361 e. The molecular weight excluding hydrogens is 260 g/mol. The van der Waals surface area contributed by atoms with Gasteiger partial charge < -0.3 is 9.42 Å². The Bertz CT molecular complexity index is 609. The third kappa shape index (κ3) is 2.38. The molecule has 3 rings (SSSR count). The van der Waals surface area contributed by atoms with Crippen molar-refractivity contribution in [1.82, 2.24) is 5.16 Å². The van der Waals surface area contributed by atoms with E-state index in [1.807, 2.05) is 18.2 Å². The van der Waals surface area contributed by atoms with Crippen LogP contribution in [0.5, 0.6) is 0 Å². The van der Waals surface area contributed by atoms with Gasteiger partial charge in [-0.15, -0.1) is 11.8 Å². The maximum absolute atomic E-state index is 12.5. The first-order chi connectivity index (χ1) is 9.25. The highest BCUT2D eigenvalue weighted by atomic mass is 32.2. The Morgan fingerprint density at radius 1 is 1.42 bits per heavy atom. The van der Waals surface area contributed by atoms with Crippen LogP contribution in [-0.4, -0.2) is 23.4 Å². The van der Waals surface area contributed by atoms with E-state index in [1.54, 1.807) is 29.7 Å². The lowest BCUT2D eigenvalue weighted by Gasteiger charge is -2.21. The molecule has 0 N–H and O–H groups in total. The van der Waals surface area contributed by atoms with E-state index in [1.165, 1.54) is 0 Å². The summed E-state index contributed by atoms with van der Waals surface area (Å²) in [5, 5.41) is 3.82. The van der Waals surface area contributed by atoms with E-state index < -0.39 is 0 Å². The number of carbonyl (C=O) groups is 1. The number of fused-ring (bicyclic) bond motifs is 1. The topological polar surface area (TPSA) is 46.3 Å². The average Bonchev–Trinajstić information content (AvgIpc) is 2.74.